The Morgan fingerprint density at radius 3 is 2.57 bits per heavy atom. The SMILES string of the molecule is COC(=O)CS(=O)(=O)C(C)C(=O)Nc1cc(N)ccc1C. The number of amides is 1. The Bertz CT molecular complexity index is 655. The number of hydrogen-bond acceptors (Lipinski definition) is 6. The first-order valence-electron chi connectivity index (χ1n) is 6.12. The summed E-state index contributed by atoms with van der Waals surface area (Å²) in [6.07, 6.45) is 0. The number of sulfone groups is 1. The highest BCUT2D eigenvalue weighted by atomic mass is 32.2. The largest absolute Gasteiger partial charge is 0.468 e. The minimum atomic E-state index is -3.93. The molecule has 0 saturated carbocycles. The van der Waals surface area contributed by atoms with Gasteiger partial charge < -0.3 is 15.8 Å². The molecule has 0 aliphatic heterocycles. The number of rotatable bonds is 5. The van der Waals surface area contributed by atoms with E-state index < -0.39 is 32.7 Å². The summed E-state index contributed by atoms with van der Waals surface area (Å²) in [5.41, 5.74) is 7.24. The second kappa shape index (κ2) is 6.57. The molecule has 1 aromatic carbocycles. The normalized spacial score (nSPS) is 12.5. The highest BCUT2D eigenvalue weighted by Crippen LogP contribution is 2.19. The molecule has 0 heterocycles. The van der Waals surface area contributed by atoms with Crippen LogP contribution in [0.2, 0.25) is 0 Å². The van der Waals surface area contributed by atoms with Crippen molar-refractivity contribution in [1.82, 2.24) is 0 Å². The van der Waals surface area contributed by atoms with Crippen LogP contribution >= 0.6 is 0 Å². The monoisotopic (exact) mass is 314 g/mol. The maximum absolute atomic E-state index is 12.0. The van der Waals surface area contributed by atoms with E-state index in [1.165, 1.54) is 13.0 Å². The molecule has 1 amide bonds. The molecule has 0 aliphatic carbocycles. The second-order valence-corrected chi connectivity index (χ2v) is 6.91. The van der Waals surface area contributed by atoms with Crippen molar-refractivity contribution >= 4 is 33.1 Å². The van der Waals surface area contributed by atoms with Gasteiger partial charge in [-0.3, -0.25) is 9.59 Å². The summed E-state index contributed by atoms with van der Waals surface area (Å²) < 4.78 is 28.1. The number of carbonyl (C=O) groups excluding carboxylic acids is 2. The number of benzene rings is 1. The smallest absolute Gasteiger partial charge is 0.320 e. The Morgan fingerprint density at radius 1 is 1.38 bits per heavy atom. The van der Waals surface area contributed by atoms with Crippen LogP contribution in [-0.2, 0) is 24.2 Å². The van der Waals surface area contributed by atoms with Crippen molar-refractivity contribution in [3.8, 4) is 0 Å². The molecule has 21 heavy (non-hydrogen) atoms. The number of hydrogen-bond donors (Lipinski definition) is 2. The zero-order valence-corrected chi connectivity index (χ0v) is 12.9. The summed E-state index contributed by atoms with van der Waals surface area (Å²) in [6.45, 7) is 2.97. The summed E-state index contributed by atoms with van der Waals surface area (Å²) in [6, 6.07) is 4.91. The van der Waals surface area contributed by atoms with Crippen LogP contribution in [0.4, 0.5) is 11.4 Å². The van der Waals surface area contributed by atoms with Crippen molar-refractivity contribution < 1.29 is 22.7 Å². The molecule has 1 aromatic rings. The van der Waals surface area contributed by atoms with Gasteiger partial charge in [-0.25, -0.2) is 8.42 Å². The number of nitrogens with one attached hydrogen (secondary N) is 1. The first-order valence-corrected chi connectivity index (χ1v) is 7.84. The molecule has 3 N–H and O–H groups in total. The zero-order valence-electron chi connectivity index (χ0n) is 12.0. The lowest BCUT2D eigenvalue weighted by Gasteiger charge is -2.14. The summed E-state index contributed by atoms with van der Waals surface area (Å²) in [5, 5.41) is 1.12. The van der Waals surface area contributed by atoms with Crippen LogP contribution in [0.1, 0.15) is 12.5 Å². The van der Waals surface area contributed by atoms with E-state index in [9.17, 15) is 18.0 Å². The molecule has 0 bridgehead atoms. The second-order valence-electron chi connectivity index (χ2n) is 4.59. The minimum Gasteiger partial charge on any atom is -0.468 e. The Kier molecular flexibility index (Phi) is 5.31. The molecule has 0 fully saturated rings. The molecular weight excluding hydrogens is 296 g/mol. The van der Waals surface area contributed by atoms with E-state index in [1.54, 1.807) is 19.1 Å². The number of esters is 1. The van der Waals surface area contributed by atoms with E-state index in [2.05, 4.69) is 10.1 Å². The van der Waals surface area contributed by atoms with Gasteiger partial charge in [-0.15, -0.1) is 0 Å². The molecule has 1 rings (SSSR count). The summed E-state index contributed by atoms with van der Waals surface area (Å²) >= 11 is 0. The molecule has 0 saturated heterocycles. The summed E-state index contributed by atoms with van der Waals surface area (Å²) in [7, 11) is -2.85. The number of nitrogens with two attached hydrogens (primary N) is 1. The Labute approximate surface area is 123 Å². The maximum atomic E-state index is 12.0. The molecule has 1 unspecified atom stereocenters. The fraction of sp³-hybridized carbons (Fsp3) is 0.385. The quantitative estimate of drug-likeness (QED) is 0.603. The molecule has 116 valence electrons. The number of carbonyl (C=O) groups is 2. The Hall–Kier alpha value is -2.09. The third-order valence-corrected chi connectivity index (χ3v) is 4.90. The van der Waals surface area contributed by atoms with Crippen molar-refractivity contribution in [2.75, 3.05) is 23.9 Å². The fourth-order valence-corrected chi connectivity index (χ4v) is 2.60. The van der Waals surface area contributed by atoms with Crippen LogP contribution in [0.5, 0.6) is 0 Å². The lowest BCUT2D eigenvalue weighted by molar-refractivity contribution is -0.137. The lowest BCUT2D eigenvalue weighted by atomic mass is 10.2. The van der Waals surface area contributed by atoms with Crippen LogP contribution in [0.15, 0.2) is 18.2 Å². The van der Waals surface area contributed by atoms with E-state index in [0.29, 0.717) is 11.4 Å². The zero-order chi connectivity index (χ0) is 16.2. The topological polar surface area (TPSA) is 116 Å². The van der Waals surface area contributed by atoms with Gasteiger partial charge in [0.1, 0.15) is 11.0 Å². The predicted octanol–water partition coefficient (Wildman–Crippen LogP) is 0.492. The van der Waals surface area contributed by atoms with Gasteiger partial charge in [-0.05, 0) is 31.5 Å². The van der Waals surface area contributed by atoms with Crippen LogP contribution < -0.4 is 11.1 Å². The van der Waals surface area contributed by atoms with Crippen LogP contribution in [0.25, 0.3) is 0 Å². The number of anilines is 2. The molecule has 0 aliphatic rings. The van der Waals surface area contributed by atoms with E-state index >= 15 is 0 Å². The van der Waals surface area contributed by atoms with Gasteiger partial charge in [0, 0.05) is 11.4 Å². The fourth-order valence-electron chi connectivity index (χ4n) is 1.52. The van der Waals surface area contributed by atoms with E-state index in [-0.39, 0.29) is 0 Å². The highest BCUT2D eigenvalue weighted by Gasteiger charge is 2.30. The molecule has 0 spiro atoms. The Balaban J connectivity index is 2.88. The van der Waals surface area contributed by atoms with Crippen molar-refractivity contribution in [3.63, 3.8) is 0 Å². The van der Waals surface area contributed by atoms with Gasteiger partial charge in [-0.1, -0.05) is 6.07 Å². The number of methoxy groups -OCH3 is 1. The van der Waals surface area contributed by atoms with E-state index in [0.717, 1.165) is 12.7 Å². The van der Waals surface area contributed by atoms with Crippen LogP contribution in [-0.4, -0.2) is 38.4 Å². The number of ether oxygens (including phenoxy) is 1. The van der Waals surface area contributed by atoms with Gasteiger partial charge in [0.25, 0.3) is 0 Å². The minimum absolute atomic E-state index is 0.431. The van der Waals surface area contributed by atoms with Crippen molar-refractivity contribution in [3.05, 3.63) is 23.8 Å². The molecular formula is C13H18N2O5S. The molecule has 0 aromatic heterocycles. The van der Waals surface area contributed by atoms with E-state index in [1.807, 2.05) is 0 Å². The highest BCUT2D eigenvalue weighted by molar-refractivity contribution is 7.93. The Morgan fingerprint density at radius 2 is 2.00 bits per heavy atom. The first kappa shape index (κ1) is 17.0. The van der Waals surface area contributed by atoms with E-state index in [4.69, 9.17) is 5.73 Å². The number of aryl methyl sites for hydroxylation is 1. The van der Waals surface area contributed by atoms with Crippen molar-refractivity contribution in [2.24, 2.45) is 0 Å². The molecule has 8 heteroatoms. The third-order valence-electron chi connectivity index (χ3n) is 2.97. The van der Waals surface area contributed by atoms with Gasteiger partial charge in [0.05, 0.1) is 7.11 Å². The van der Waals surface area contributed by atoms with Crippen molar-refractivity contribution in [1.29, 1.82) is 0 Å². The number of nitrogen functional groups attached to an aromatic ring is 1. The van der Waals surface area contributed by atoms with Gasteiger partial charge >= 0.3 is 5.97 Å². The van der Waals surface area contributed by atoms with Gasteiger partial charge in [0.2, 0.25) is 5.91 Å². The van der Waals surface area contributed by atoms with Gasteiger partial charge in [-0.2, -0.15) is 0 Å². The summed E-state index contributed by atoms with van der Waals surface area (Å²) in [5.74, 6) is -2.48. The van der Waals surface area contributed by atoms with Crippen LogP contribution in [0, 0.1) is 6.92 Å². The van der Waals surface area contributed by atoms with Crippen molar-refractivity contribution in [2.45, 2.75) is 19.1 Å². The maximum Gasteiger partial charge on any atom is 0.320 e. The molecule has 1 atom stereocenters. The molecule has 7 nitrogen and oxygen atoms in total. The average molecular weight is 314 g/mol. The summed E-state index contributed by atoms with van der Waals surface area (Å²) in [4.78, 5) is 23.1. The standard InChI is InChI=1S/C13H18N2O5S/c1-8-4-5-10(14)6-11(8)15-13(17)9(2)21(18,19)7-12(16)20-3/h4-6,9H,7,14H2,1-3H3,(H,15,17). The predicted molar refractivity (Wildman–Crippen MR) is 79.5 cm³/mol. The van der Waals surface area contributed by atoms with Gasteiger partial charge in [0.15, 0.2) is 9.84 Å². The average Bonchev–Trinajstić information content (AvgIpc) is 2.41. The first-order chi connectivity index (χ1) is 9.67. The van der Waals surface area contributed by atoms with Crippen LogP contribution in [0.3, 0.4) is 0 Å². The lowest BCUT2D eigenvalue weighted by Crippen LogP contribution is -2.36. The molecule has 0 radical (unpaired) electrons. The third kappa shape index (κ3) is 4.45.